The molecule has 0 aromatic heterocycles. The standard InChI is InChI=1S/C16H20O/c1-10-3-5-14(7-11(10)2)16(17)15-9-12-4-6-13(15)8-12/h3,5,7,12-13,15H,4,6,8-9H2,1-2H3. The van der Waals surface area contributed by atoms with E-state index in [1.807, 2.05) is 6.07 Å². The molecule has 2 fully saturated rings. The van der Waals surface area contributed by atoms with Crippen LogP contribution < -0.4 is 0 Å². The predicted octanol–water partition coefficient (Wildman–Crippen LogP) is 3.92. The normalized spacial score (nSPS) is 30.8. The summed E-state index contributed by atoms with van der Waals surface area (Å²) < 4.78 is 0. The molecule has 3 unspecified atom stereocenters. The van der Waals surface area contributed by atoms with Crippen molar-refractivity contribution < 1.29 is 4.79 Å². The number of carbonyl (C=O) groups is 1. The fourth-order valence-electron chi connectivity index (χ4n) is 3.67. The van der Waals surface area contributed by atoms with Crippen molar-refractivity contribution in [3.05, 3.63) is 34.9 Å². The van der Waals surface area contributed by atoms with Gasteiger partial charge in [-0.2, -0.15) is 0 Å². The van der Waals surface area contributed by atoms with Gasteiger partial charge in [0.05, 0.1) is 0 Å². The number of aryl methyl sites for hydroxylation is 2. The largest absolute Gasteiger partial charge is 0.294 e. The summed E-state index contributed by atoms with van der Waals surface area (Å²) >= 11 is 0. The minimum Gasteiger partial charge on any atom is -0.294 e. The number of rotatable bonds is 2. The fraction of sp³-hybridized carbons (Fsp3) is 0.562. The van der Waals surface area contributed by atoms with Gasteiger partial charge in [0.25, 0.3) is 0 Å². The maximum absolute atomic E-state index is 12.5. The van der Waals surface area contributed by atoms with Gasteiger partial charge in [-0.25, -0.2) is 0 Å². The number of ketones is 1. The zero-order valence-electron chi connectivity index (χ0n) is 10.7. The molecule has 0 spiro atoms. The van der Waals surface area contributed by atoms with Crippen LogP contribution in [0, 0.1) is 31.6 Å². The first-order chi connectivity index (χ1) is 8.15. The molecular formula is C16H20O. The van der Waals surface area contributed by atoms with Crippen LogP contribution in [0.15, 0.2) is 18.2 Å². The highest BCUT2D eigenvalue weighted by atomic mass is 16.1. The summed E-state index contributed by atoms with van der Waals surface area (Å²) in [7, 11) is 0. The summed E-state index contributed by atoms with van der Waals surface area (Å²) in [4.78, 5) is 12.5. The van der Waals surface area contributed by atoms with Crippen molar-refractivity contribution in [3.8, 4) is 0 Å². The lowest BCUT2D eigenvalue weighted by Crippen LogP contribution is -2.21. The van der Waals surface area contributed by atoms with E-state index in [9.17, 15) is 4.79 Å². The van der Waals surface area contributed by atoms with Crippen LogP contribution in [-0.2, 0) is 0 Å². The maximum Gasteiger partial charge on any atom is 0.166 e. The van der Waals surface area contributed by atoms with Crippen LogP contribution in [0.5, 0.6) is 0 Å². The highest BCUT2D eigenvalue weighted by Gasteiger charge is 2.43. The highest BCUT2D eigenvalue weighted by Crippen LogP contribution is 2.49. The lowest BCUT2D eigenvalue weighted by molar-refractivity contribution is 0.0874. The molecule has 17 heavy (non-hydrogen) atoms. The van der Waals surface area contributed by atoms with Crippen molar-refractivity contribution >= 4 is 5.78 Å². The number of hydrogen-bond acceptors (Lipinski definition) is 1. The molecule has 0 heterocycles. The summed E-state index contributed by atoms with van der Waals surface area (Å²) in [6.45, 7) is 4.19. The van der Waals surface area contributed by atoms with Gasteiger partial charge in [-0.05, 0) is 62.1 Å². The summed E-state index contributed by atoms with van der Waals surface area (Å²) in [6.07, 6.45) is 5.10. The van der Waals surface area contributed by atoms with Gasteiger partial charge in [0, 0.05) is 11.5 Å². The van der Waals surface area contributed by atoms with Gasteiger partial charge in [-0.15, -0.1) is 0 Å². The maximum atomic E-state index is 12.5. The molecule has 1 aromatic carbocycles. The molecule has 2 saturated carbocycles. The Morgan fingerprint density at radius 2 is 1.94 bits per heavy atom. The lowest BCUT2D eigenvalue weighted by atomic mass is 9.83. The Balaban J connectivity index is 1.84. The quantitative estimate of drug-likeness (QED) is 0.701. The van der Waals surface area contributed by atoms with Crippen LogP contribution >= 0.6 is 0 Å². The second-order valence-corrected chi connectivity index (χ2v) is 5.94. The molecule has 2 bridgehead atoms. The minimum absolute atomic E-state index is 0.329. The van der Waals surface area contributed by atoms with E-state index in [0.29, 0.717) is 17.6 Å². The van der Waals surface area contributed by atoms with E-state index in [4.69, 9.17) is 0 Å². The minimum atomic E-state index is 0.329. The zero-order chi connectivity index (χ0) is 12.0. The molecule has 2 aliphatic rings. The zero-order valence-corrected chi connectivity index (χ0v) is 10.7. The fourth-order valence-corrected chi connectivity index (χ4v) is 3.67. The van der Waals surface area contributed by atoms with Crippen molar-refractivity contribution in [2.24, 2.45) is 17.8 Å². The molecule has 2 aliphatic carbocycles. The molecule has 1 aromatic rings. The number of Topliss-reactive ketones (excluding diaryl/α,β-unsaturated/α-hetero) is 1. The van der Waals surface area contributed by atoms with Crippen molar-refractivity contribution in [2.45, 2.75) is 39.5 Å². The Morgan fingerprint density at radius 3 is 2.53 bits per heavy atom. The third-order valence-electron chi connectivity index (χ3n) is 4.87. The van der Waals surface area contributed by atoms with Crippen molar-refractivity contribution in [1.29, 1.82) is 0 Å². The molecule has 3 atom stereocenters. The van der Waals surface area contributed by atoms with Crippen LogP contribution in [-0.4, -0.2) is 5.78 Å². The Bertz CT molecular complexity index is 461. The molecule has 0 radical (unpaired) electrons. The van der Waals surface area contributed by atoms with Crippen LogP contribution in [0.25, 0.3) is 0 Å². The monoisotopic (exact) mass is 228 g/mol. The molecule has 0 aliphatic heterocycles. The highest BCUT2D eigenvalue weighted by molar-refractivity contribution is 5.98. The summed E-state index contributed by atoms with van der Waals surface area (Å²) in [5.74, 6) is 2.27. The van der Waals surface area contributed by atoms with Crippen molar-refractivity contribution in [3.63, 3.8) is 0 Å². The van der Waals surface area contributed by atoms with Gasteiger partial charge in [-0.3, -0.25) is 4.79 Å². The first-order valence-corrected chi connectivity index (χ1v) is 6.76. The number of fused-ring (bicyclic) bond motifs is 2. The third kappa shape index (κ3) is 1.82. The van der Waals surface area contributed by atoms with Gasteiger partial charge in [0.15, 0.2) is 5.78 Å². The summed E-state index contributed by atoms with van der Waals surface area (Å²) in [6, 6.07) is 6.16. The van der Waals surface area contributed by atoms with Crippen LogP contribution in [0.3, 0.4) is 0 Å². The lowest BCUT2D eigenvalue weighted by Gasteiger charge is -2.20. The number of hydrogen-bond donors (Lipinski definition) is 0. The Labute approximate surface area is 103 Å². The topological polar surface area (TPSA) is 17.1 Å². The molecule has 90 valence electrons. The van der Waals surface area contributed by atoms with Gasteiger partial charge in [0.1, 0.15) is 0 Å². The van der Waals surface area contributed by atoms with Crippen molar-refractivity contribution in [2.75, 3.05) is 0 Å². The molecular weight excluding hydrogens is 208 g/mol. The molecule has 0 N–H and O–H groups in total. The number of carbonyl (C=O) groups excluding carboxylic acids is 1. The average Bonchev–Trinajstić information content (AvgIpc) is 2.93. The first-order valence-electron chi connectivity index (χ1n) is 6.76. The van der Waals surface area contributed by atoms with Gasteiger partial charge in [-0.1, -0.05) is 18.6 Å². The molecule has 0 saturated heterocycles. The molecule has 3 rings (SSSR count). The van der Waals surface area contributed by atoms with Crippen LogP contribution in [0.2, 0.25) is 0 Å². The van der Waals surface area contributed by atoms with E-state index in [-0.39, 0.29) is 0 Å². The van der Waals surface area contributed by atoms with Gasteiger partial charge in [0.2, 0.25) is 0 Å². The Hall–Kier alpha value is -1.11. The SMILES string of the molecule is Cc1ccc(C(=O)C2CC3CCC2C3)cc1C. The molecule has 0 amide bonds. The van der Waals surface area contributed by atoms with E-state index in [2.05, 4.69) is 26.0 Å². The number of benzene rings is 1. The Kier molecular flexibility index (Phi) is 2.57. The smallest absolute Gasteiger partial charge is 0.166 e. The van der Waals surface area contributed by atoms with E-state index in [1.54, 1.807) is 0 Å². The summed E-state index contributed by atoms with van der Waals surface area (Å²) in [5.41, 5.74) is 3.44. The Morgan fingerprint density at radius 1 is 1.12 bits per heavy atom. The molecule has 1 nitrogen and oxygen atoms in total. The van der Waals surface area contributed by atoms with Crippen molar-refractivity contribution in [1.82, 2.24) is 0 Å². The van der Waals surface area contributed by atoms with E-state index in [0.717, 1.165) is 17.9 Å². The third-order valence-corrected chi connectivity index (χ3v) is 4.87. The predicted molar refractivity (Wildman–Crippen MR) is 69.2 cm³/mol. The average molecular weight is 228 g/mol. The molecule has 1 heteroatoms. The van der Waals surface area contributed by atoms with E-state index < -0.39 is 0 Å². The second kappa shape index (κ2) is 3.97. The second-order valence-electron chi connectivity index (χ2n) is 5.94. The van der Waals surface area contributed by atoms with Gasteiger partial charge >= 0.3 is 0 Å². The van der Waals surface area contributed by atoms with Gasteiger partial charge < -0.3 is 0 Å². The summed E-state index contributed by atoms with van der Waals surface area (Å²) in [5, 5.41) is 0. The van der Waals surface area contributed by atoms with E-state index >= 15 is 0 Å². The van der Waals surface area contributed by atoms with Crippen LogP contribution in [0.4, 0.5) is 0 Å². The first kappa shape index (κ1) is 11.0. The van der Waals surface area contributed by atoms with E-state index in [1.165, 1.54) is 30.4 Å². The van der Waals surface area contributed by atoms with Crippen LogP contribution in [0.1, 0.15) is 47.2 Å².